The predicted octanol–water partition coefficient (Wildman–Crippen LogP) is 3.43. The minimum absolute atomic E-state index is 0. The Kier molecular flexibility index (Phi) is 6.42. The Morgan fingerprint density at radius 1 is 1.08 bits per heavy atom. The van der Waals surface area contributed by atoms with Gasteiger partial charge in [0, 0.05) is 50.9 Å². The summed E-state index contributed by atoms with van der Waals surface area (Å²) < 4.78 is 11.1. The molecule has 0 bridgehead atoms. The molecule has 26 heavy (non-hydrogen) atoms. The van der Waals surface area contributed by atoms with Gasteiger partial charge < -0.3 is 14.6 Å². The zero-order valence-corrected chi connectivity index (χ0v) is 15.3. The van der Waals surface area contributed by atoms with Crippen LogP contribution in [-0.4, -0.2) is 21.0 Å². The van der Waals surface area contributed by atoms with Crippen LogP contribution in [0.25, 0.3) is 0 Å². The molecule has 0 fully saturated rings. The van der Waals surface area contributed by atoms with E-state index in [-0.39, 0.29) is 49.7 Å². The molecule has 0 aliphatic rings. The van der Waals surface area contributed by atoms with Crippen molar-refractivity contribution in [3.05, 3.63) is 72.1 Å². The van der Waals surface area contributed by atoms with Gasteiger partial charge in [-0.25, -0.2) is 14.8 Å². The van der Waals surface area contributed by atoms with Crippen LogP contribution in [0.2, 0.25) is 0 Å². The molecular formula is C18H10N3O4Pt-. The molecule has 0 saturated carbocycles. The van der Waals surface area contributed by atoms with Crippen molar-refractivity contribution < 1.29 is 40.4 Å². The Balaban J connectivity index is 0.00000243. The molecule has 0 radical (unpaired) electrons. The molecule has 0 aliphatic heterocycles. The molecule has 1 N–H and O–H groups in total. The number of nitriles is 1. The first kappa shape index (κ1) is 19.1. The van der Waals surface area contributed by atoms with Crippen molar-refractivity contribution in [2.75, 3.05) is 0 Å². The van der Waals surface area contributed by atoms with Crippen molar-refractivity contribution in [3.63, 3.8) is 0 Å². The van der Waals surface area contributed by atoms with Gasteiger partial charge in [0.15, 0.2) is 5.69 Å². The number of hydrogen-bond donors (Lipinski definition) is 1. The molecule has 2 heterocycles. The average Bonchev–Trinajstić information content (AvgIpc) is 2.62. The van der Waals surface area contributed by atoms with Gasteiger partial charge in [-0.05, 0) is 17.7 Å². The second-order valence-electron chi connectivity index (χ2n) is 4.75. The van der Waals surface area contributed by atoms with Gasteiger partial charge in [0.1, 0.15) is 0 Å². The van der Waals surface area contributed by atoms with Gasteiger partial charge in [0.25, 0.3) is 0 Å². The molecule has 3 rings (SSSR count). The van der Waals surface area contributed by atoms with E-state index in [2.05, 4.69) is 16.0 Å². The first-order valence-electron chi connectivity index (χ1n) is 7.08. The van der Waals surface area contributed by atoms with Crippen LogP contribution in [0.15, 0.2) is 54.7 Å². The standard InChI is InChI=1S/C18H10N3O4.Pt/c19-11-12-8-13(24-16-5-1-2-7-20-16)10-14(9-12)25-17-6-3-4-15(21-17)18(22)23;/h1-9H,(H,22,23);/q-1;. The van der Waals surface area contributed by atoms with Crippen molar-refractivity contribution >= 4 is 5.97 Å². The van der Waals surface area contributed by atoms with E-state index in [1.54, 1.807) is 24.4 Å². The van der Waals surface area contributed by atoms with E-state index in [4.69, 9.17) is 19.8 Å². The number of pyridine rings is 2. The summed E-state index contributed by atoms with van der Waals surface area (Å²) in [5, 5.41) is 18.1. The normalized spacial score (nSPS) is 9.50. The number of rotatable bonds is 5. The number of carbonyl (C=O) groups is 1. The summed E-state index contributed by atoms with van der Waals surface area (Å²) in [6.45, 7) is 0. The topological polar surface area (TPSA) is 105 Å². The van der Waals surface area contributed by atoms with Crippen LogP contribution in [0.5, 0.6) is 23.3 Å². The van der Waals surface area contributed by atoms with Crippen molar-refractivity contribution in [2.45, 2.75) is 0 Å². The summed E-state index contributed by atoms with van der Waals surface area (Å²) in [7, 11) is 0. The smallest absolute Gasteiger partial charge is 0.354 e. The molecule has 8 heteroatoms. The molecule has 2 aromatic heterocycles. The number of carboxylic acids is 1. The third-order valence-electron chi connectivity index (χ3n) is 2.96. The maximum absolute atomic E-state index is 11.0. The number of nitrogens with zero attached hydrogens (tertiary/aromatic N) is 3. The first-order valence-corrected chi connectivity index (χ1v) is 7.08. The molecule has 0 amide bonds. The molecule has 3 aromatic rings. The van der Waals surface area contributed by atoms with Gasteiger partial charge in [-0.2, -0.15) is 5.26 Å². The van der Waals surface area contributed by atoms with Gasteiger partial charge in [-0.3, -0.25) is 0 Å². The monoisotopic (exact) mass is 527 g/mol. The van der Waals surface area contributed by atoms with Crippen LogP contribution in [-0.2, 0) is 21.1 Å². The maximum atomic E-state index is 11.0. The zero-order valence-electron chi connectivity index (χ0n) is 13.0. The van der Waals surface area contributed by atoms with Crippen LogP contribution in [0.3, 0.4) is 0 Å². The van der Waals surface area contributed by atoms with Crippen molar-refractivity contribution in [1.29, 1.82) is 5.26 Å². The third-order valence-corrected chi connectivity index (χ3v) is 2.96. The van der Waals surface area contributed by atoms with Gasteiger partial charge in [-0.15, -0.1) is 12.1 Å². The molecule has 132 valence electrons. The van der Waals surface area contributed by atoms with E-state index < -0.39 is 5.97 Å². The number of aromatic nitrogens is 2. The van der Waals surface area contributed by atoms with E-state index in [1.807, 2.05) is 6.07 Å². The van der Waals surface area contributed by atoms with Gasteiger partial charge in [-0.1, -0.05) is 18.2 Å². The SMILES string of the molecule is N#Cc1cc(Oc2ccccn2)[c-]c(Oc2cccc(C(=O)O)n2)c1.[Pt]. The fourth-order valence-electron chi connectivity index (χ4n) is 1.92. The largest absolute Gasteiger partial charge is 0.477 e. The van der Waals surface area contributed by atoms with E-state index in [0.29, 0.717) is 5.88 Å². The molecule has 0 aliphatic carbocycles. The molecule has 0 atom stereocenters. The Bertz CT molecular complexity index is 958. The predicted molar refractivity (Wildman–Crippen MR) is 85.6 cm³/mol. The number of benzene rings is 1. The number of hydrogen-bond acceptors (Lipinski definition) is 6. The van der Waals surface area contributed by atoms with Crippen LogP contribution in [0.1, 0.15) is 16.1 Å². The van der Waals surface area contributed by atoms with Crippen molar-refractivity contribution in [3.8, 4) is 29.3 Å². The third kappa shape index (κ3) is 4.88. The maximum Gasteiger partial charge on any atom is 0.354 e. The summed E-state index contributed by atoms with van der Waals surface area (Å²) in [4.78, 5) is 18.9. The van der Waals surface area contributed by atoms with Crippen molar-refractivity contribution in [1.82, 2.24) is 9.97 Å². The van der Waals surface area contributed by atoms with Crippen molar-refractivity contribution in [2.24, 2.45) is 0 Å². The quantitative estimate of drug-likeness (QED) is 0.507. The molecule has 1 aromatic carbocycles. The minimum Gasteiger partial charge on any atom is -0.477 e. The van der Waals surface area contributed by atoms with Gasteiger partial charge in [0.05, 0.1) is 6.07 Å². The molecular weight excluding hydrogens is 517 g/mol. The first-order chi connectivity index (χ1) is 12.1. The van der Waals surface area contributed by atoms with Crippen LogP contribution >= 0.6 is 0 Å². The molecule has 0 saturated heterocycles. The van der Waals surface area contributed by atoms with Crippen LogP contribution in [0.4, 0.5) is 0 Å². The van der Waals surface area contributed by atoms with E-state index >= 15 is 0 Å². The van der Waals surface area contributed by atoms with E-state index in [0.717, 1.165) is 0 Å². The van der Waals surface area contributed by atoms with Crippen LogP contribution < -0.4 is 9.47 Å². The Hall–Kier alpha value is -3.23. The number of carboxylic acid groups (broad SMARTS) is 1. The fourth-order valence-corrected chi connectivity index (χ4v) is 1.92. The van der Waals surface area contributed by atoms with Gasteiger partial charge >= 0.3 is 5.97 Å². The number of aromatic carboxylic acids is 1. The molecule has 7 nitrogen and oxygen atoms in total. The zero-order chi connectivity index (χ0) is 17.6. The summed E-state index contributed by atoms with van der Waals surface area (Å²) >= 11 is 0. The van der Waals surface area contributed by atoms with Crippen LogP contribution in [0, 0.1) is 17.4 Å². The summed E-state index contributed by atoms with van der Waals surface area (Å²) in [5.41, 5.74) is 0.132. The minimum atomic E-state index is -1.17. The summed E-state index contributed by atoms with van der Waals surface area (Å²) in [5.74, 6) is -0.359. The second-order valence-corrected chi connectivity index (χ2v) is 4.75. The Morgan fingerprint density at radius 3 is 2.38 bits per heavy atom. The second kappa shape index (κ2) is 8.74. The molecule has 0 spiro atoms. The molecule has 0 unspecified atom stereocenters. The Morgan fingerprint density at radius 2 is 1.77 bits per heavy atom. The summed E-state index contributed by atoms with van der Waals surface area (Å²) in [6, 6.07) is 17.3. The average molecular weight is 527 g/mol. The fraction of sp³-hybridized carbons (Fsp3) is 0. The van der Waals surface area contributed by atoms with E-state index in [1.165, 1.54) is 30.3 Å². The summed E-state index contributed by atoms with van der Waals surface area (Å²) in [6.07, 6.45) is 1.57. The number of ether oxygens (including phenoxy) is 2. The Labute approximate surface area is 163 Å². The van der Waals surface area contributed by atoms with Gasteiger partial charge in [0.2, 0.25) is 11.8 Å². The van der Waals surface area contributed by atoms with E-state index in [9.17, 15) is 4.79 Å².